The Labute approximate surface area is 121 Å². The van der Waals surface area contributed by atoms with Crippen molar-refractivity contribution in [2.24, 2.45) is 17.6 Å². The molecule has 3 N–H and O–H groups in total. The molecule has 1 saturated heterocycles. The van der Waals surface area contributed by atoms with E-state index >= 15 is 0 Å². The fourth-order valence-corrected chi connectivity index (χ4v) is 3.65. The number of carbonyl (C=O) groups is 2. The van der Waals surface area contributed by atoms with E-state index in [0.29, 0.717) is 5.92 Å². The number of nitrogens with zero attached hydrogens (tertiary/aromatic N) is 1. The van der Waals surface area contributed by atoms with E-state index in [-0.39, 0.29) is 29.8 Å². The second-order valence-corrected chi connectivity index (χ2v) is 6.57. The Morgan fingerprint density at radius 1 is 1.15 bits per heavy atom. The second kappa shape index (κ2) is 6.57. The average molecular weight is 281 g/mol. The van der Waals surface area contributed by atoms with Gasteiger partial charge in [-0.05, 0) is 38.0 Å². The Morgan fingerprint density at radius 3 is 2.35 bits per heavy atom. The van der Waals surface area contributed by atoms with Crippen LogP contribution < -0.4 is 11.1 Å². The highest BCUT2D eigenvalue weighted by Gasteiger charge is 2.33. The first-order valence-electron chi connectivity index (χ1n) is 7.77. The topological polar surface area (TPSA) is 75.4 Å². The smallest absolute Gasteiger partial charge is 0.225 e. The minimum Gasteiger partial charge on any atom is -0.353 e. The molecule has 3 atom stereocenters. The summed E-state index contributed by atoms with van der Waals surface area (Å²) < 4.78 is 0. The van der Waals surface area contributed by atoms with Crippen molar-refractivity contribution in [3.63, 3.8) is 0 Å². The highest BCUT2D eigenvalue weighted by molar-refractivity contribution is 5.79. The molecule has 2 rings (SSSR count). The molecule has 1 heterocycles. The second-order valence-electron chi connectivity index (χ2n) is 6.57. The van der Waals surface area contributed by atoms with Crippen LogP contribution in [0.25, 0.3) is 0 Å². The zero-order chi connectivity index (χ0) is 14.7. The first-order valence-corrected chi connectivity index (χ1v) is 7.77. The summed E-state index contributed by atoms with van der Waals surface area (Å²) in [5.74, 6) is 0.936. The van der Waals surface area contributed by atoms with Crippen molar-refractivity contribution in [1.82, 2.24) is 10.2 Å². The van der Waals surface area contributed by atoms with E-state index in [4.69, 9.17) is 5.73 Å². The predicted octanol–water partition coefficient (Wildman–Crippen LogP) is 0.877. The van der Waals surface area contributed by atoms with E-state index in [1.807, 2.05) is 4.90 Å². The maximum absolute atomic E-state index is 12.6. The molecule has 5 heteroatoms. The Morgan fingerprint density at radius 2 is 1.80 bits per heavy atom. The van der Waals surface area contributed by atoms with Crippen molar-refractivity contribution in [2.75, 3.05) is 13.1 Å². The number of nitrogens with two attached hydrogens (primary N) is 1. The normalized spacial score (nSPS) is 31.9. The summed E-state index contributed by atoms with van der Waals surface area (Å²) in [4.78, 5) is 25.6. The van der Waals surface area contributed by atoms with E-state index in [9.17, 15) is 9.59 Å². The SMILES string of the molecule is CC(=O)NC1CCN(C(=O)C2CC(C)CC(N)C2)CC1. The standard InChI is InChI=1S/C15H27N3O2/c1-10-7-12(9-13(16)8-10)15(20)18-5-3-14(4-6-18)17-11(2)19/h10,12-14H,3-9,16H2,1-2H3,(H,17,19). The first kappa shape index (κ1) is 15.3. The minimum atomic E-state index is 0.0156. The minimum absolute atomic E-state index is 0.0156. The molecule has 0 aromatic carbocycles. The van der Waals surface area contributed by atoms with Crippen LogP contribution in [0.15, 0.2) is 0 Å². The van der Waals surface area contributed by atoms with E-state index in [0.717, 1.165) is 45.2 Å². The summed E-state index contributed by atoms with van der Waals surface area (Å²) in [6.45, 7) is 5.23. The Balaban J connectivity index is 1.83. The molecule has 3 unspecified atom stereocenters. The quantitative estimate of drug-likeness (QED) is 0.789. The molecule has 0 radical (unpaired) electrons. The molecule has 0 bridgehead atoms. The van der Waals surface area contributed by atoms with Crippen LogP contribution in [0.5, 0.6) is 0 Å². The molecule has 5 nitrogen and oxygen atoms in total. The Bertz CT molecular complexity index is 354. The van der Waals surface area contributed by atoms with Crippen molar-refractivity contribution >= 4 is 11.8 Å². The summed E-state index contributed by atoms with van der Waals surface area (Å²) in [6, 6.07) is 0.397. The lowest BCUT2D eigenvalue weighted by molar-refractivity contribution is -0.138. The van der Waals surface area contributed by atoms with Gasteiger partial charge in [-0.2, -0.15) is 0 Å². The van der Waals surface area contributed by atoms with Gasteiger partial charge in [-0.1, -0.05) is 6.92 Å². The van der Waals surface area contributed by atoms with Gasteiger partial charge in [0.2, 0.25) is 11.8 Å². The summed E-state index contributed by atoms with van der Waals surface area (Å²) in [7, 11) is 0. The number of piperidine rings is 1. The first-order chi connectivity index (χ1) is 9.45. The molecule has 0 aromatic heterocycles. The van der Waals surface area contributed by atoms with Gasteiger partial charge in [0.15, 0.2) is 0 Å². The van der Waals surface area contributed by atoms with Crippen LogP contribution >= 0.6 is 0 Å². The number of likely N-dealkylation sites (tertiary alicyclic amines) is 1. The van der Waals surface area contributed by atoms with Gasteiger partial charge < -0.3 is 16.0 Å². The molecule has 0 spiro atoms. The van der Waals surface area contributed by atoms with Crippen LogP contribution in [0.4, 0.5) is 0 Å². The monoisotopic (exact) mass is 281 g/mol. The van der Waals surface area contributed by atoms with Crippen LogP contribution in [0, 0.1) is 11.8 Å². The van der Waals surface area contributed by atoms with Crippen molar-refractivity contribution < 1.29 is 9.59 Å². The molecule has 2 aliphatic rings. The lowest BCUT2D eigenvalue weighted by Crippen LogP contribution is -2.49. The third-order valence-corrected chi connectivity index (χ3v) is 4.54. The lowest BCUT2D eigenvalue weighted by Gasteiger charge is -2.37. The van der Waals surface area contributed by atoms with Gasteiger partial charge in [0, 0.05) is 38.0 Å². The fourth-order valence-electron chi connectivity index (χ4n) is 3.65. The lowest BCUT2D eigenvalue weighted by atomic mass is 9.79. The molecule has 20 heavy (non-hydrogen) atoms. The van der Waals surface area contributed by atoms with E-state index in [2.05, 4.69) is 12.2 Å². The number of hydrogen-bond acceptors (Lipinski definition) is 3. The van der Waals surface area contributed by atoms with Gasteiger partial charge in [-0.25, -0.2) is 0 Å². The number of hydrogen-bond donors (Lipinski definition) is 2. The third kappa shape index (κ3) is 3.95. The van der Waals surface area contributed by atoms with Gasteiger partial charge in [-0.3, -0.25) is 9.59 Å². The fraction of sp³-hybridized carbons (Fsp3) is 0.867. The maximum Gasteiger partial charge on any atom is 0.225 e. The highest BCUT2D eigenvalue weighted by atomic mass is 16.2. The Hall–Kier alpha value is -1.10. The van der Waals surface area contributed by atoms with Gasteiger partial charge in [0.25, 0.3) is 0 Å². The van der Waals surface area contributed by atoms with Crippen molar-refractivity contribution in [3.8, 4) is 0 Å². The van der Waals surface area contributed by atoms with Crippen molar-refractivity contribution in [1.29, 1.82) is 0 Å². The molecular formula is C15H27N3O2. The largest absolute Gasteiger partial charge is 0.353 e. The molecule has 1 aliphatic carbocycles. The number of nitrogens with one attached hydrogen (secondary N) is 1. The molecule has 1 aliphatic heterocycles. The van der Waals surface area contributed by atoms with Crippen LogP contribution in [-0.2, 0) is 9.59 Å². The number of carbonyl (C=O) groups excluding carboxylic acids is 2. The molecule has 2 amide bonds. The van der Waals surface area contributed by atoms with E-state index in [1.54, 1.807) is 6.92 Å². The third-order valence-electron chi connectivity index (χ3n) is 4.54. The Kier molecular flexibility index (Phi) is 5.02. The molecule has 1 saturated carbocycles. The summed E-state index contributed by atoms with van der Waals surface area (Å²) in [5, 5.41) is 2.94. The summed E-state index contributed by atoms with van der Waals surface area (Å²) >= 11 is 0. The van der Waals surface area contributed by atoms with Crippen LogP contribution in [0.3, 0.4) is 0 Å². The van der Waals surface area contributed by atoms with Crippen LogP contribution in [0.1, 0.15) is 46.0 Å². The summed E-state index contributed by atoms with van der Waals surface area (Å²) in [6.07, 6.45) is 4.56. The van der Waals surface area contributed by atoms with Crippen LogP contribution in [-0.4, -0.2) is 41.9 Å². The average Bonchev–Trinajstić information content (AvgIpc) is 2.37. The zero-order valence-corrected chi connectivity index (χ0v) is 12.6. The number of rotatable bonds is 2. The summed E-state index contributed by atoms with van der Waals surface area (Å²) in [5.41, 5.74) is 6.04. The van der Waals surface area contributed by atoms with Gasteiger partial charge >= 0.3 is 0 Å². The van der Waals surface area contributed by atoms with E-state index < -0.39 is 0 Å². The molecular weight excluding hydrogens is 254 g/mol. The predicted molar refractivity (Wildman–Crippen MR) is 77.9 cm³/mol. The molecule has 0 aromatic rings. The van der Waals surface area contributed by atoms with E-state index in [1.165, 1.54) is 0 Å². The zero-order valence-electron chi connectivity index (χ0n) is 12.6. The number of amides is 2. The molecule has 2 fully saturated rings. The van der Waals surface area contributed by atoms with Gasteiger partial charge in [-0.15, -0.1) is 0 Å². The molecule has 114 valence electrons. The van der Waals surface area contributed by atoms with Crippen LogP contribution in [0.2, 0.25) is 0 Å². The van der Waals surface area contributed by atoms with Crippen molar-refractivity contribution in [2.45, 2.75) is 58.0 Å². The van der Waals surface area contributed by atoms with Gasteiger partial charge in [0.05, 0.1) is 0 Å². The highest BCUT2D eigenvalue weighted by Crippen LogP contribution is 2.30. The van der Waals surface area contributed by atoms with Gasteiger partial charge in [0.1, 0.15) is 0 Å². The maximum atomic E-state index is 12.6. The van der Waals surface area contributed by atoms with Crippen molar-refractivity contribution in [3.05, 3.63) is 0 Å².